The summed E-state index contributed by atoms with van der Waals surface area (Å²) in [4.78, 5) is 21.3. The number of aromatic nitrogens is 2. The summed E-state index contributed by atoms with van der Waals surface area (Å²) in [5, 5.41) is 0. The highest BCUT2D eigenvalue weighted by Gasteiger charge is 2.05. The summed E-state index contributed by atoms with van der Waals surface area (Å²) in [6.45, 7) is 0.642. The smallest absolute Gasteiger partial charge is 0.434 e. The van der Waals surface area contributed by atoms with Crippen molar-refractivity contribution in [3.8, 4) is 0 Å². The Bertz CT molecular complexity index is 414. The predicted molar refractivity (Wildman–Crippen MR) is 68.9 cm³/mol. The third-order valence-corrected chi connectivity index (χ3v) is 3.78. The van der Waals surface area contributed by atoms with Gasteiger partial charge in [0, 0.05) is 35.0 Å². The van der Waals surface area contributed by atoms with Crippen LogP contribution in [0.2, 0.25) is 0 Å². The molecule has 0 aromatic carbocycles. The standard InChI is InChI=1S/C11H12N2O3S2/c14-11(15-3-1-9-5-12-7-17-9)16-4-2-10-6-13-8-18-10/h5-8H,1-4H2. The van der Waals surface area contributed by atoms with Gasteiger partial charge < -0.3 is 9.47 Å². The molecule has 0 unspecified atom stereocenters. The summed E-state index contributed by atoms with van der Waals surface area (Å²) in [5.41, 5.74) is 3.51. The van der Waals surface area contributed by atoms with Gasteiger partial charge in [-0.3, -0.25) is 9.97 Å². The SMILES string of the molecule is O=C(OCCc1cncs1)OCCc1cncs1. The van der Waals surface area contributed by atoms with Crippen molar-refractivity contribution in [2.45, 2.75) is 12.8 Å². The van der Waals surface area contributed by atoms with Crippen molar-refractivity contribution in [2.24, 2.45) is 0 Å². The fourth-order valence-electron chi connectivity index (χ4n) is 1.24. The van der Waals surface area contributed by atoms with Gasteiger partial charge in [-0.2, -0.15) is 0 Å². The summed E-state index contributed by atoms with van der Waals surface area (Å²) in [5.74, 6) is 0. The van der Waals surface area contributed by atoms with Crippen LogP contribution in [-0.4, -0.2) is 29.3 Å². The number of ether oxygens (including phenoxy) is 2. The van der Waals surface area contributed by atoms with E-state index in [0.29, 0.717) is 26.1 Å². The van der Waals surface area contributed by atoms with Crippen LogP contribution in [0.3, 0.4) is 0 Å². The van der Waals surface area contributed by atoms with Crippen molar-refractivity contribution < 1.29 is 14.3 Å². The van der Waals surface area contributed by atoms with E-state index < -0.39 is 6.16 Å². The van der Waals surface area contributed by atoms with Gasteiger partial charge in [0.15, 0.2) is 0 Å². The maximum absolute atomic E-state index is 11.2. The van der Waals surface area contributed by atoms with E-state index in [1.165, 1.54) is 0 Å². The van der Waals surface area contributed by atoms with Crippen LogP contribution in [0, 0.1) is 0 Å². The number of thiazole rings is 2. The van der Waals surface area contributed by atoms with Gasteiger partial charge in [-0.15, -0.1) is 22.7 Å². The predicted octanol–water partition coefficient (Wildman–Crippen LogP) is 2.54. The summed E-state index contributed by atoms with van der Waals surface area (Å²) in [7, 11) is 0. The number of hydrogen-bond donors (Lipinski definition) is 0. The number of rotatable bonds is 6. The van der Waals surface area contributed by atoms with E-state index in [9.17, 15) is 4.79 Å². The third-order valence-electron chi connectivity index (χ3n) is 2.10. The minimum Gasteiger partial charge on any atom is -0.434 e. The topological polar surface area (TPSA) is 61.3 Å². The van der Waals surface area contributed by atoms with Crippen molar-refractivity contribution in [3.63, 3.8) is 0 Å². The molecular weight excluding hydrogens is 272 g/mol. The lowest BCUT2D eigenvalue weighted by Gasteiger charge is -2.04. The molecule has 2 heterocycles. The van der Waals surface area contributed by atoms with E-state index in [0.717, 1.165) is 9.75 Å². The van der Waals surface area contributed by atoms with E-state index in [4.69, 9.17) is 9.47 Å². The highest BCUT2D eigenvalue weighted by molar-refractivity contribution is 7.09. The van der Waals surface area contributed by atoms with Crippen molar-refractivity contribution in [2.75, 3.05) is 13.2 Å². The van der Waals surface area contributed by atoms with Crippen molar-refractivity contribution in [1.82, 2.24) is 9.97 Å². The van der Waals surface area contributed by atoms with Crippen LogP contribution < -0.4 is 0 Å². The molecule has 96 valence electrons. The fourth-order valence-corrected chi connectivity index (χ4v) is 2.40. The number of carbonyl (C=O) groups excluding carboxylic acids is 1. The van der Waals surface area contributed by atoms with Gasteiger partial charge in [-0.05, 0) is 0 Å². The van der Waals surface area contributed by atoms with Gasteiger partial charge in [-0.25, -0.2) is 4.79 Å². The van der Waals surface area contributed by atoms with Crippen molar-refractivity contribution in [1.29, 1.82) is 0 Å². The summed E-state index contributed by atoms with van der Waals surface area (Å²) >= 11 is 3.08. The van der Waals surface area contributed by atoms with Crippen LogP contribution in [0.25, 0.3) is 0 Å². The third kappa shape index (κ3) is 4.42. The van der Waals surface area contributed by atoms with Crippen LogP contribution in [0.15, 0.2) is 23.4 Å². The Balaban J connectivity index is 1.55. The zero-order valence-electron chi connectivity index (χ0n) is 9.57. The Labute approximate surface area is 112 Å². The second kappa shape index (κ2) is 7.07. The van der Waals surface area contributed by atoms with Gasteiger partial charge >= 0.3 is 6.16 Å². The maximum Gasteiger partial charge on any atom is 0.508 e. The van der Waals surface area contributed by atoms with Gasteiger partial charge in [0.2, 0.25) is 0 Å². The molecule has 7 heteroatoms. The van der Waals surface area contributed by atoms with E-state index in [1.54, 1.807) is 46.1 Å². The van der Waals surface area contributed by atoms with Crippen LogP contribution in [0.4, 0.5) is 4.79 Å². The van der Waals surface area contributed by atoms with Crippen molar-refractivity contribution in [3.05, 3.63) is 33.2 Å². The molecule has 0 bridgehead atoms. The Morgan fingerprint density at radius 2 is 1.50 bits per heavy atom. The molecular formula is C11H12N2O3S2. The van der Waals surface area contributed by atoms with E-state index in [-0.39, 0.29) is 0 Å². The zero-order chi connectivity index (χ0) is 12.6. The molecule has 18 heavy (non-hydrogen) atoms. The Morgan fingerprint density at radius 3 is 1.89 bits per heavy atom. The molecule has 0 aliphatic carbocycles. The number of carbonyl (C=O) groups is 1. The normalized spacial score (nSPS) is 10.2. The molecule has 0 fully saturated rings. The van der Waals surface area contributed by atoms with Crippen LogP contribution >= 0.6 is 22.7 Å². The average Bonchev–Trinajstić information content (AvgIpc) is 3.01. The quantitative estimate of drug-likeness (QED) is 0.763. The molecule has 5 nitrogen and oxygen atoms in total. The lowest BCUT2D eigenvalue weighted by atomic mass is 10.4. The van der Waals surface area contributed by atoms with Crippen LogP contribution in [-0.2, 0) is 22.3 Å². The second-order valence-corrected chi connectivity index (χ2v) is 5.32. The lowest BCUT2D eigenvalue weighted by Crippen LogP contribution is -2.11. The molecule has 0 saturated heterocycles. The van der Waals surface area contributed by atoms with Crippen LogP contribution in [0.1, 0.15) is 9.75 Å². The molecule has 0 amide bonds. The van der Waals surface area contributed by atoms with Gasteiger partial charge in [0.1, 0.15) is 0 Å². The molecule has 0 aliphatic rings. The Morgan fingerprint density at radius 1 is 1.00 bits per heavy atom. The lowest BCUT2D eigenvalue weighted by molar-refractivity contribution is 0.0571. The second-order valence-electron chi connectivity index (χ2n) is 3.38. The van der Waals surface area contributed by atoms with Gasteiger partial charge in [0.25, 0.3) is 0 Å². The molecule has 0 aliphatic heterocycles. The first-order valence-corrected chi connectivity index (χ1v) is 7.15. The molecule has 0 spiro atoms. The number of nitrogens with zero attached hydrogens (tertiary/aromatic N) is 2. The summed E-state index contributed by atoms with van der Waals surface area (Å²) in [6, 6.07) is 0. The highest BCUT2D eigenvalue weighted by atomic mass is 32.1. The summed E-state index contributed by atoms with van der Waals surface area (Å²) < 4.78 is 9.88. The monoisotopic (exact) mass is 284 g/mol. The Kier molecular flexibility index (Phi) is 5.10. The average molecular weight is 284 g/mol. The van der Waals surface area contributed by atoms with E-state index in [2.05, 4.69) is 9.97 Å². The fraction of sp³-hybridized carbons (Fsp3) is 0.364. The minimum absolute atomic E-state index is 0.321. The molecule has 2 rings (SSSR count). The van der Waals surface area contributed by atoms with Gasteiger partial charge in [-0.1, -0.05) is 0 Å². The summed E-state index contributed by atoms with van der Waals surface area (Å²) in [6.07, 6.45) is 4.26. The maximum atomic E-state index is 11.2. The first-order chi connectivity index (χ1) is 8.84. The van der Waals surface area contributed by atoms with Gasteiger partial charge in [0.05, 0.1) is 24.2 Å². The first kappa shape index (κ1) is 13.0. The van der Waals surface area contributed by atoms with E-state index in [1.807, 2.05) is 0 Å². The molecule has 2 aromatic rings. The van der Waals surface area contributed by atoms with E-state index >= 15 is 0 Å². The molecule has 0 radical (unpaired) electrons. The highest BCUT2D eigenvalue weighted by Crippen LogP contribution is 2.07. The minimum atomic E-state index is -0.621. The van der Waals surface area contributed by atoms with Crippen LogP contribution in [0.5, 0.6) is 0 Å². The molecule has 0 saturated carbocycles. The number of hydrogen-bond acceptors (Lipinski definition) is 7. The van der Waals surface area contributed by atoms with Crippen molar-refractivity contribution >= 4 is 28.8 Å². The molecule has 2 aromatic heterocycles. The largest absolute Gasteiger partial charge is 0.508 e. The zero-order valence-corrected chi connectivity index (χ0v) is 11.2. The Hall–Kier alpha value is -1.47. The first-order valence-electron chi connectivity index (χ1n) is 5.39. The molecule has 0 N–H and O–H groups in total. The molecule has 0 atom stereocenters.